The molecule has 4 aliphatic rings. The van der Waals surface area contributed by atoms with Gasteiger partial charge in [-0.05, 0) is 23.6 Å². The minimum absolute atomic E-state index is 0.00325. The zero-order valence-corrected chi connectivity index (χ0v) is 19.8. The van der Waals surface area contributed by atoms with Crippen LogP contribution in [0.3, 0.4) is 0 Å². The number of allylic oxidation sites excluding steroid dienone is 2. The van der Waals surface area contributed by atoms with Crippen LogP contribution < -0.4 is 14.2 Å². The topological polar surface area (TPSA) is 110 Å². The summed E-state index contributed by atoms with van der Waals surface area (Å²) in [7, 11) is 2.84. The molecule has 0 fully saturated rings. The quantitative estimate of drug-likeness (QED) is 0.662. The molecule has 0 unspecified atom stereocenters. The first-order chi connectivity index (χ1) is 16.3. The Balaban J connectivity index is 1.86. The Morgan fingerprint density at radius 2 is 1.91 bits per heavy atom. The van der Waals surface area contributed by atoms with Gasteiger partial charge < -0.3 is 33.5 Å². The van der Waals surface area contributed by atoms with Crippen LogP contribution in [0.15, 0.2) is 29.2 Å². The van der Waals surface area contributed by atoms with E-state index in [0.717, 1.165) is 0 Å². The molecule has 1 aromatic rings. The minimum atomic E-state index is -1.40. The molecule has 0 aromatic heterocycles. The van der Waals surface area contributed by atoms with Gasteiger partial charge in [0.05, 0.1) is 20.3 Å². The van der Waals surface area contributed by atoms with Gasteiger partial charge >= 0.3 is 5.97 Å². The number of benzene rings is 1. The van der Waals surface area contributed by atoms with Crippen LogP contribution in [0.5, 0.6) is 17.2 Å². The average Bonchev–Trinajstić information content (AvgIpc) is 3.47. The molecule has 0 saturated carbocycles. The number of methoxy groups -OCH3 is 2. The maximum absolute atomic E-state index is 14.1. The third kappa shape index (κ3) is 2.82. The SMILES string of the molecule is CCC(=O)O[C@H]1c2cc3c(c4c2[C@@]2(CO4)C(=O)C(OC)=C(OC)C=C2[C@H](O)[C@@H](C)[C@H]1C)OCO3. The fourth-order valence-corrected chi connectivity index (χ4v) is 5.47. The van der Waals surface area contributed by atoms with Crippen LogP contribution in [0, 0.1) is 11.8 Å². The summed E-state index contributed by atoms with van der Waals surface area (Å²) in [6.45, 7) is 5.44. The number of hydrogen-bond acceptors (Lipinski definition) is 9. The highest BCUT2D eigenvalue weighted by molar-refractivity contribution is 6.08. The van der Waals surface area contributed by atoms with Crippen molar-refractivity contribution in [2.45, 2.75) is 44.8 Å². The molecule has 2 aliphatic carbocycles. The summed E-state index contributed by atoms with van der Waals surface area (Å²) in [4.78, 5) is 26.6. The van der Waals surface area contributed by atoms with Crippen LogP contribution in [-0.4, -0.2) is 50.6 Å². The van der Waals surface area contributed by atoms with Gasteiger partial charge in [-0.15, -0.1) is 0 Å². The molecule has 9 heteroatoms. The number of rotatable bonds is 4. The van der Waals surface area contributed by atoms with Crippen LogP contribution >= 0.6 is 0 Å². The molecular formula is C25H28O9. The first kappa shape index (κ1) is 22.6. The van der Waals surface area contributed by atoms with Crippen molar-refractivity contribution >= 4 is 11.8 Å². The predicted molar refractivity (Wildman–Crippen MR) is 117 cm³/mol. The van der Waals surface area contributed by atoms with Gasteiger partial charge in [-0.3, -0.25) is 9.59 Å². The summed E-state index contributed by atoms with van der Waals surface area (Å²) in [5.41, 5.74) is 0.155. The Morgan fingerprint density at radius 1 is 1.15 bits per heavy atom. The van der Waals surface area contributed by atoms with Crippen LogP contribution in [0.4, 0.5) is 0 Å². The molecule has 1 spiro atoms. The van der Waals surface area contributed by atoms with E-state index in [0.29, 0.717) is 33.9 Å². The van der Waals surface area contributed by atoms with Crippen molar-refractivity contribution in [2.24, 2.45) is 11.8 Å². The van der Waals surface area contributed by atoms with Crippen LogP contribution in [0.25, 0.3) is 0 Å². The molecule has 0 radical (unpaired) electrons. The van der Waals surface area contributed by atoms with Crippen molar-refractivity contribution in [1.82, 2.24) is 0 Å². The van der Waals surface area contributed by atoms with E-state index in [1.807, 2.05) is 13.8 Å². The second-order valence-electron chi connectivity index (χ2n) is 9.06. The van der Waals surface area contributed by atoms with Crippen LogP contribution in [0.2, 0.25) is 0 Å². The lowest BCUT2D eigenvalue weighted by Gasteiger charge is -2.43. The summed E-state index contributed by atoms with van der Waals surface area (Å²) < 4.78 is 34.3. The van der Waals surface area contributed by atoms with Crippen molar-refractivity contribution in [3.63, 3.8) is 0 Å². The molecule has 34 heavy (non-hydrogen) atoms. The Hall–Kier alpha value is -3.20. The number of fused-ring (bicyclic) bond motifs is 2. The standard InChI is InChI=1S/C25H28O9/c1-6-17(26)34-20-12(3)11(2)19(27)14-8-15(29-4)22(30-5)24(28)25(14)9-31-23-18(25)13(20)7-16-21(23)33-10-32-16/h7-8,11-12,19-20,27H,6,9-10H2,1-5H3/t11-,12+,19+,20+,25-/m0/s1. The van der Waals surface area contributed by atoms with Crippen molar-refractivity contribution in [1.29, 1.82) is 0 Å². The number of aliphatic hydroxyl groups is 1. The summed E-state index contributed by atoms with van der Waals surface area (Å²) in [5.74, 6) is -0.00389. The average molecular weight is 472 g/mol. The van der Waals surface area contributed by atoms with E-state index in [4.69, 9.17) is 28.4 Å². The summed E-state index contributed by atoms with van der Waals surface area (Å²) in [6, 6.07) is 1.76. The second kappa shape index (κ2) is 7.94. The van der Waals surface area contributed by atoms with Gasteiger partial charge in [0.1, 0.15) is 18.1 Å². The fraction of sp³-hybridized carbons (Fsp3) is 0.520. The van der Waals surface area contributed by atoms with E-state index >= 15 is 0 Å². The summed E-state index contributed by atoms with van der Waals surface area (Å²) in [5, 5.41) is 11.6. The molecule has 9 nitrogen and oxygen atoms in total. The molecule has 1 N–H and O–H groups in total. The van der Waals surface area contributed by atoms with Gasteiger partial charge in [0.25, 0.3) is 0 Å². The third-order valence-electron chi connectivity index (χ3n) is 7.51. The Labute approximate surface area is 197 Å². The van der Waals surface area contributed by atoms with Crippen molar-refractivity contribution in [3.05, 3.63) is 40.4 Å². The molecule has 5 atom stereocenters. The van der Waals surface area contributed by atoms with Crippen LogP contribution in [0.1, 0.15) is 44.4 Å². The number of carbonyl (C=O) groups excluding carboxylic acids is 2. The first-order valence-electron chi connectivity index (χ1n) is 11.4. The number of aliphatic hydroxyl groups excluding tert-OH is 1. The van der Waals surface area contributed by atoms with Crippen molar-refractivity contribution in [3.8, 4) is 17.2 Å². The lowest BCUT2D eigenvalue weighted by atomic mass is 9.61. The maximum Gasteiger partial charge on any atom is 0.306 e. The lowest BCUT2D eigenvalue weighted by Crippen LogP contribution is -2.51. The van der Waals surface area contributed by atoms with E-state index in [2.05, 4.69) is 0 Å². The van der Waals surface area contributed by atoms with E-state index in [1.54, 1.807) is 19.1 Å². The third-order valence-corrected chi connectivity index (χ3v) is 7.51. The zero-order valence-electron chi connectivity index (χ0n) is 19.8. The molecular weight excluding hydrogens is 444 g/mol. The highest BCUT2D eigenvalue weighted by Crippen LogP contribution is 2.61. The number of hydrogen-bond donors (Lipinski definition) is 1. The lowest BCUT2D eigenvalue weighted by molar-refractivity contribution is -0.154. The van der Waals surface area contributed by atoms with Gasteiger partial charge in [0, 0.05) is 23.5 Å². The molecule has 182 valence electrons. The summed E-state index contributed by atoms with van der Waals surface area (Å²) in [6.07, 6.45) is 0.0663. The van der Waals surface area contributed by atoms with Gasteiger partial charge in [-0.1, -0.05) is 20.8 Å². The van der Waals surface area contributed by atoms with E-state index in [9.17, 15) is 14.7 Å². The van der Waals surface area contributed by atoms with E-state index in [1.165, 1.54) is 14.2 Å². The molecule has 2 aliphatic heterocycles. The molecule has 0 saturated heterocycles. The highest BCUT2D eigenvalue weighted by Gasteiger charge is 2.61. The highest BCUT2D eigenvalue weighted by atomic mass is 16.7. The number of esters is 1. The normalized spacial score (nSPS) is 31.0. The maximum atomic E-state index is 14.1. The molecule has 1 aromatic carbocycles. The molecule has 0 amide bonds. The van der Waals surface area contributed by atoms with Crippen LogP contribution in [-0.2, 0) is 29.2 Å². The zero-order chi connectivity index (χ0) is 24.4. The number of ether oxygens (including phenoxy) is 6. The minimum Gasteiger partial charge on any atom is -0.493 e. The monoisotopic (exact) mass is 472 g/mol. The number of ketones is 1. The van der Waals surface area contributed by atoms with Gasteiger partial charge in [0.2, 0.25) is 24.1 Å². The second-order valence-corrected chi connectivity index (χ2v) is 9.06. The van der Waals surface area contributed by atoms with Gasteiger partial charge in [-0.2, -0.15) is 0 Å². The molecule has 0 bridgehead atoms. The van der Waals surface area contributed by atoms with Gasteiger partial charge in [0.15, 0.2) is 17.3 Å². The predicted octanol–water partition coefficient (Wildman–Crippen LogP) is 2.70. The van der Waals surface area contributed by atoms with Crippen molar-refractivity contribution < 1.29 is 43.1 Å². The Bertz CT molecular complexity index is 1130. The fourth-order valence-electron chi connectivity index (χ4n) is 5.47. The van der Waals surface area contributed by atoms with E-state index in [-0.39, 0.29) is 49.1 Å². The van der Waals surface area contributed by atoms with E-state index < -0.39 is 23.4 Å². The number of Topliss-reactive ketones (excluding diaryl/α,β-unsaturated/α-hetero) is 1. The molecule has 2 heterocycles. The summed E-state index contributed by atoms with van der Waals surface area (Å²) >= 11 is 0. The van der Waals surface area contributed by atoms with Gasteiger partial charge in [-0.25, -0.2) is 0 Å². The van der Waals surface area contributed by atoms with Crippen molar-refractivity contribution in [2.75, 3.05) is 27.6 Å². The Morgan fingerprint density at radius 3 is 2.59 bits per heavy atom. The smallest absolute Gasteiger partial charge is 0.306 e. The number of carbonyl (C=O) groups is 2. The largest absolute Gasteiger partial charge is 0.493 e. The first-order valence-corrected chi connectivity index (χ1v) is 11.4. The Kier molecular flexibility index (Phi) is 5.27. The molecule has 5 rings (SSSR count).